The van der Waals surface area contributed by atoms with E-state index in [0.717, 1.165) is 0 Å². The van der Waals surface area contributed by atoms with Crippen LogP contribution in [-0.2, 0) is 9.53 Å². The second-order valence-electron chi connectivity index (χ2n) is 2.41. The fourth-order valence-corrected chi connectivity index (χ4v) is 0.782. The monoisotopic (exact) mass is 168 g/mol. The van der Waals surface area contributed by atoms with Crippen LogP contribution in [0.1, 0.15) is 33.1 Å². The van der Waals surface area contributed by atoms with E-state index in [0.29, 0.717) is 32.5 Å². The van der Waals surface area contributed by atoms with Gasteiger partial charge >= 0.3 is 0 Å². The average molecular weight is 168 g/mol. The van der Waals surface area contributed by atoms with Gasteiger partial charge in [0, 0.05) is 25.9 Å². The van der Waals surface area contributed by atoms with Crippen molar-refractivity contribution in [2.75, 3.05) is 13.2 Å². The lowest BCUT2D eigenvalue weighted by Crippen LogP contribution is -2.03. The van der Waals surface area contributed by atoms with E-state index in [-0.39, 0.29) is 5.78 Å². The summed E-state index contributed by atoms with van der Waals surface area (Å²) in [6.45, 7) is 4.94. The van der Waals surface area contributed by atoms with Gasteiger partial charge in [-0.2, -0.15) is 0 Å². The molecule has 0 fully saturated rings. The number of ether oxygens (including phenoxy) is 1. The van der Waals surface area contributed by atoms with Gasteiger partial charge in [-0.05, 0) is 13.8 Å². The summed E-state index contributed by atoms with van der Waals surface area (Å²) in [4.78, 5) is 11.0. The molecule has 0 saturated heterocycles. The van der Waals surface area contributed by atoms with Crippen LogP contribution >= 0.6 is 0 Å². The summed E-state index contributed by atoms with van der Waals surface area (Å²) < 4.78 is 5.05. The number of hydrogen-bond donors (Lipinski definition) is 0. The molecule has 0 aromatic rings. The van der Waals surface area contributed by atoms with Gasteiger partial charge in [0.15, 0.2) is 0 Å². The smallest absolute Gasteiger partial charge is 0.136 e. The van der Waals surface area contributed by atoms with E-state index in [1.165, 1.54) is 0 Å². The van der Waals surface area contributed by atoms with Crippen molar-refractivity contribution in [2.24, 2.45) is 0 Å². The highest BCUT2D eigenvalue weighted by Gasteiger charge is 1.99. The number of hydrogen-bond acceptors (Lipinski definition) is 2. The highest BCUT2D eigenvalue weighted by molar-refractivity contribution is 5.78. The Labute approximate surface area is 74.3 Å². The van der Waals surface area contributed by atoms with Gasteiger partial charge in [0.05, 0.1) is 6.61 Å². The van der Waals surface area contributed by atoms with Crippen LogP contribution in [0.25, 0.3) is 0 Å². The van der Waals surface area contributed by atoms with E-state index in [9.17, 15) is 4.79 Å². The fourth-order valence-electron chi connectivity index (χ4n) is 0.782. The first kappa shape index (κ1) is 11.2. The minimum Gasteiger partial charge on any atom is -0.381 e. The molecule has 0 aliphatic rings. The molecule has 0 aliphatic heterocycles. The molecule has 0 radical (unpaired) electrons. The van der Waals surface area contributed by atoms with Crippen molar-refractivity contribution in [3.63, 3.8) is 0 Å². The minimum absolute atomic E-state index is 0.242. The van der Waals surface area contributed by atoms with E-state index in [1.807, 2.05) is 6.92 Å². The summed E-state index contributed by atoms with van der Waals surface area (Å²) in [6, 6.07) is 0. The summed E-state index contributed by atoms with van der Waals surface area (Å²) >= 11 is 0. The number of carbonyl (C=O) groups excluding carboxylic acids is 1. The minimum atomic E-state index is 0.242. The van der Waals surface area contributed by atoms with Gasteiger partial charge in [0.2, 0.25) is 0 Å². The quantitative estimate of drug-likeness (QED) is 0.446. The predicted octanol–water partition coefficient (Wildman–Crippen LogP) is 1.79. The molecular formula is C10H16O2. The van der Waals surface area contributed by atoms with Crippen LogP contribution in [0.4, 0.5) is 0 Å². The van der Waals surface area contributed by atoms with Crippen LogP contribution in [0, 0.1) is 11.8 Å². The normalized spacial score (nSPS) is 8.83. The molecule has 0 amide bonds. The lowest BCUT2D eigenvalue weighted by atomic mass is 10.2. The summed E-state index contributed by atoms with van der Waals surface area (Å²) in [5.74, 6) is 5.86. The molecule has 68 valence electrons. The Bertz CT molecular complexity index is 174. The first-order valence-electron chi connectivity index (χ1n) is 4.30. The maximum absolute atomic E-state index is 11.0. The maximum Gasteiger partial charge on any atom is 0.136 e. The molecule has 0 rings (SSSR count). The van der Waals surface area contributed by atoms with E-state index in [2.05, 4.69) is 11.8 Å². The van der Waals surface area contributed by atoms with Crippen molar-refractivity contribution in [1.82, 2.24) is 0 Å². The van der Waals surface area contributed by atoms with Crippen LogP contribution < -0.4 is 0 Å². The van der Waals surface area contributed by atoms with E-state index < -0.39 is 0 Å². The van der Waals surface area contributed by atoms with Gasteiger partial charge in [0.1, 0.15) is 5.78 Å². The van der Waals surface area contributed by atoms with Crippen molar-refractivity contribution < 1.29 is 9.53 Å². The number of rotatable bonds is 6. The van der Waals surface area contributed by atoms with Crippen molar-refractivity contribution in [3.8, 4) is 11.8 Å². The highest BCUT2D eigenvalue weighted by atomic mass is 16.5. The third-order valence-corrected chi connectivity index (χ3v) is 1.43. The molecule has 0 atom stereocenters. The van der Waals surface area contributed by atoms with Gasteiger partial charge in [-0.15, -0.1) is 11.8 Å². The zero-order valence-electron chi connectivity index (χ0n) is 7.85. The Hall–Kier alpha value is -0.810. The SMILES string of the molecule is CC#CCCC(=O)CCOCC. The van der Waals surface area contributed by atoms with Gasteiger partial charge in [-0.1, -0.05) is 0 Å². The number of carbonyl (C=O) groups is 1. The first-order chi connectivity index (χ1) is 5.81. The Morgan fingerprint density at radius 1 is 1.42 bits per heavy atom. The molecule has 0 N–H and O–H groups in total. The molecule has 2 heteroatoms. The third kappa shape index (κ3) is 7.30. The van der Waals surface area contributed by atoms with Gasteiger partial charge in [-0.25, -0.2) is 0 Å². The maximum atomic E-state index is 11.0. The number of ketones is 1. The van der Waals surface area contributed by atoms with Crippen LogP contribution in [0.5, 0.6) is 0 Å². The lowest BCUT2D eigenvalue weighted by molar-refractivity contribution is -0.119. The molecule has 0 bridgehead atoms. The molecule has 0 heterocycles. The molecular weight excluding hydrogens is 152 g/mol. The molecule has 0 saturated carbocycles. The van der Waals surface area contributed by atoms with E-state index in [1.54, 1.807) is 6.92 Å². The third-order valence-electron chi connectivity index (χ3n) is 1.43. The average Bonchev–Trinajstić information content (AvgIpc) is 2.06. The molecule has 0 aromatic heterocycles. The molecule has 0 aromatic carbocycles. The molecule has 0 aliphatic carbocycles. The summed E-state index contributed by atoms with van der Waals surface area (Å²) in [5, 5.41) is 0. The Balaban J connectivity index is 3.25. The largest absolute Gasteiger partial charge is 0.381 e. The first-order valence-corrected chi connectivity index (χ1v) is 4.30. The van der Waals surface area contributed by atoms with Crippen LogP contribution in [-0.4, -0.2) is 19.0 Å². The summed E-state index contributed by atoms with van der Waals surface area (Å²) in [6.07, 6.45) is 1.77. The molecule has 0 unspecified atom stereocenters. The molecule has 12 heavy (non-hydrogen) atoms. The van der Waals surface area contributed by atoms with E-state index >= 15 is 0 Å². The molecule has 0 spiro atoms. The Morgan fingerprint density at radius 2 is 2.17 bits per heavy atom. The van der Waals surface area contributed by atoms with Crippen molar-refractivity contribution in [1.29, 1.82) is 0 Å². The number of Topliss-reactive ketones (excluding diaryl/α,β-unsaturated/α-hetero) is 1. The Morgan fingerprint density at radius 3 is 2.75 bits per heavy atom. The van der Waals surface area contributed by atoms with Crippen molar-refractivity contribution in [2.45, 2.75) is 33.1 Å². The zero-order chi connectivity index (χ0) is 9.23. The van der Waals surface area contributed by atoms with Crippen molar-refractivity contribution in [3.05, 3.63) is 0 Å². The van der Waals surface area contributed by atoms with Gasteiger partial charge < -0.3 is 4.74 Å². The fraction of sp³-hybridized carbons (Fsp3) is 0.700. The Kier molecular flexibility index (Phi) is 7.73. The van der Waals surface area contributed by atoms with E-state index in [4.69, 9.17) is 4.74 Å². The summed E-state index contributed by atoms with van der Waals surface area (Å²) in [7, 11) is 0. The molecule has 2 nitrogen and oxygen atoms in total. The van der Waals surface area contributed by atoms with Gasteiger partial charge in [-0.3, -0.25) is 4.79 Å². The second-order valence-corrected chi connectivity index (χ2v) is 2.41. The lowest BCUT2D eigenvalue weighted by Gasteiger charge is -1.98. The van der Waals surface area contributed by atoms with Crippen LogP contribution in [0.15, 0.2) is 0 Å². The topological polar surface area (TPSA) is 26.3 Å². The highest BCUT2D eigenvalue weighted by Crippen LogP contribution is 1.94. The van der Waals surface area contributed by atoms with Crippen molar-refractivity contribution >= 4 is 5.78 Å². The second kappa shape index (κ2) is 8.29. The summed E-state index contributed by atoms with van der Waals surface area (Å²) in [5.41, 5.74) is 0. The van der Waals surface area contributed by atoms with Crippen LogP contribution in [0.3, 0.4) is 0 Å². The zero-order valence-corrected chi connectivity index (χ0v) is 7.85. The van der Waals surface area contributed by atoms with Gasteiger partial charge in [0.25, 0.3) is 0 Å². The predicted molar refractivity (Wildman–Crippen MR) is 48.8 cm³/mol. The van der Waals surface area contributed by atoms with Crippen LogP contribution in [0.2, 0.25) is 0 Å². The standard InChI is InChI=1S/C10H16O2/c1-3-5-6-7-10(11)8-9-12-4-2/h4,6-9H2,1-2H3.